The number of para-hydroxylation sites is 2. The van der Waals surface area contributed by atoms with E-state index < -0.39 is 23.8 Å². The Morgan fingerprint density at radius 1 is 1.09 bits per heavy atom. The third-order valence-electron chi connectivity index (χ3n) is 6.51. The first-order valence-corrected chi connectivity index (χ1v) is 10.9. The summed E-state index contributed by atoms with van der Waals surface area (Å²) in [6.07, 6.45) is 3.30. The number of ketones is 1. The van der Waals surface area contributed by atoms with Crippen LogP contribution in [-0.2, 0) is 14.3 Å². The van der Waals surface area contributed by atoms with Crippen LogP contribution in [0.2, 0.25) is 0 Å². The first-order chi connectivity index (χ1) is 15.9. The maximum atomic E-state index is 13.7. The smallest absolute Gasteiger partial charge is 0.316 e. The summed E-state index contributed by atoms with van der Waals surface area (Å²) in [6.45, 7) is 3.72. The van der Waals surface area contributed by atoms with Gasteiger partial charge >= 0.3 is 5.97 Å². The van der Waals surface area contributed by atoms with Gasteiger partial charge in [-0.05, 0) is 37.1 Å². The van der Waals surface area contributed by atoms with Crippen LogP contribution in [0.5, 0.6) is 0 Å². The predicted molar refractivity (Wildman–Crippen MR) is 125 cm³/mol. The zero-order chi connectivity index (χ0) is 23.3. The molecule has 1 aliphatic carbocycles. The minimum atomic E-state index is -0.953. The topological polar surface area (TPSA) is 97.6 Å². The Balaban J connectivity index is 1.73. The van der Waals surface area contributed by atoms with Crippen LogP contribution in [0.25, 0.3) is 11.0 Å². The normalized spacial score (nSPS) is 24.0. The molecular weight excluding hydrogens is 420 g/mol. The highest BCUT2D eigenvalue weighted by Gasteiger charge is 2.47. The van der Waals surface area contributed by atoms with E-state index in [9.17, 15) is 14.4 Å². The van der Waals surface area contributed by atoms with Crippen molar-refractivity contribution in [3.8, 4) is 0 Å². The number of esters is 1. The fourth-order valence-corrected chi connectivity index (χ4v) is 4.87. The number of carbonyl (C=O) groups is 2. The Kier molecular flexibility index (Phi) is 5.04. The van der Waals surface area contributed by atoms with E-state index >= 15 is 0 Å². The SMILES string of the molecule is COC(=O)C1C(=O)C2C(=CC1C)Nc1ccccc1NC2c1coc2ccc(C)cc2c1=O. The summed E-state index contributed by atoms with van der Waals surface area (Å²) in [7, 11) is 1.28. The van der Waals surface area contributed by atoms with Gasteiger partial charge in [-0.25, -0.2) is 0 Å². The fourth-order valence-electron chi connectivity index (χ4n) is 4.87. The molecule has 0 saturated heterocycles. The van der Waals surface area contributed by atoms with E-state index in [2.05, 4.69) is 10.6 Å². The van der Waals surface area contributed by atoms with Gasteiger partial charge < -0.3 is 19.8 Å². The second-order valence-corrected chi connectivity index (χ2v) is 8.67. The summed E-state index contributed by atoms with van der Waals surface area (Å²) < 4.78 is 10.7. The van der Waals surface area contributed by atoms with Gasteiger partial charge in [-0.1, -0.05) is 36.8 Å². The molecule has 168 valence electrons. The van der Waals surface area contributed by atoms with Gasteiger partial charge in [-0.3, -0.25) is 14.4 Å². The third kappa shape index (κ3) is 3.40. The van der Waals surface area contributed by atoms with E-state index in [-0.39, 0.29) is 17.1 Å². The Morgan fingerprint density at radius 3 is 2.61 bits per heavy atom. The maximum absolute atomic E-state index is 13.7. The molecule has 3 aromatic rings. The number of anilines is 2. The molecule has 4 unspecified atom stereocenters. The van der Waals surface area contributed by atoms with Crippen molar-refractivity contribution in [3.05, 3.63) is 81.9 Å². The number of rotatable bonds is 2. The minimum Gasteiger partial charge on any atom is -0.468 e. The number of aryl methyl sites for hydroxylation is 1. The molecule has 0 saturated carbocycles. The molecule has 7 nitrogen and oxygen atoms in total. The molecule has 0 spiro atoms. The van der Waals surface area contributed by atoms with Crippen molar-refractivity contribution in [2.24, 2.45) is 17.8 Å². The number of Topliss-reactive ketones (excluding diaryl/α,β-unsaturated/α-hetero) is 1. The molecule has 2 aromatic carbocycles. The molecular formula is C26H24N2O5. The lowest BCUT2D eigenvalue weighted by Crippen LogP contribution is -2.44. The fraction of sp³-hybridized carbons (Fsp3) is 0.269. The first-order valence-electron chi connectivity index (χ1n) is 10.9. The van der Waals surface area contributed by atoms with Crippen molar-refractivity contribution in [2.75, 3.05) is 17.7 Å². The third-order valence-corrected chi connectivity index (χ3v) is 6.51. The second kappa shape index (κ2) is 7.92. The second-order valence-electron chi connectivity index (χ2n) is 8.67. The molecule has 2 aliphatic rings. The monoisotopic (exact) mass is 444 g/mol. The number of ether oxygens (including phenoxy) is 1. The number of carbonyl (C=O) groups excluding carboxylic acids is 2. The van der Waals surface area contributed by atoms with Crippen molar-refractivity contribution in [1.29, 1.82) is 0 Å². The van der Waals surface area contributed by atoms with Gasteiger partial charge in [0.2, 0.25) is 0 Å². The Hall–Kier alpha value is -3.87. The molecule has 2 heterocycles. The first kappa shape index (κ1) is 21.0. The number of methoxy groups -OCH3 is 1. The summed E-state index contributed by atoms with van der Waals surface area (Å²) in [4.78, 5) is 39.8. The van der Waals surface area contributed by atoms with Gasteiger partial charge in [0.1, 0.15) is 17.8 Å². The molecule has 5 rings (SSSR count). The predicted octanol–water partition coefficient (Wildman–Crippen LogP) is 4.19. The Labute approximate surface area is 190 Å². The quantitative estimate of drug-likeness (QED) is 0.452. The van der Waals surface area contributed by atoms with Crippen LogP contribution in [0.4, 0.5) is 11.4 Å². The summed E-state index contributed by atoms with van der Waals surface area (Å²) in [5.74, 6) is -2.99. The van der Waals surface area contributed by atoms with E-state index in [1.165, 1.54) is 13.4 Å². The highest BCUT2D eigenvalue weighted by Crippen LogP contribution is 2.44. The zero-order valence-corrected chi connectivity index (χ0v) is 18.5. The summed E-state index contributed by atoms with van der Waals surface area (Å²) in [5.41, 5.74) is 3.71. The summed E-state index contributed by atoms with van der Waals surface area (Å²) >= 11 is 0. The standard InChI is InChI=1S/C26H24N2O5/c1-13-8-9-20-15(10-13)24(29)16(12-33-20)23-22-19(27-17-6-4-5-7-18(17)28-23)11-14(2)21(25(22)30)26(31)32-3/h4-12,14,21-23,27-28H,1-3H3. The van der Waals surface area contributed by atoms with Crippen LogP contribution in [-0.4, -0.2) is 18.9 Å². The van der Waals surface area contributed by atoms with Crippen molar-refractivity contribution in [2.45, 2.75) is 19.9 Å². The number of hydrogen-bond acceptors (Lipinski definition) is 7. The van der Waals surface area contributed by atoms with Gasteiger partial charge in [0, 0.05) is 5.70 Å². The van der Waals surface area contributed by atoms with Crippen LogP contribution < -0.4 is 16.1 Å². The van der Waals surface area contributed by atoms with E-state index in [1.54, 1.807) is 12.1 Å². The van der Waals surface area contributed by atoms with Crippen LogP contribution in [0.15, 0.2) is 69.7 Å². The van der Waals surface area contributed by atoms with Crippen LogP contribution >= 0.6 is 0 Å². The molecule has 0 bridgehead atoms. The number of nitrogens with one attached hydrogen (secondary N) is 2. The Morgan fingerprint density at radius 2 is 1.85 bits per heavy atom. The van der Waals surface area contributed by atoms with Gasteiger partial charge in [-0.15, -0.1) is 0 Å². The molecule has 0 radical (unpaired) electrons. The van der Waals surface area contributed by atoms with Crippen molar-refractivity contribution in [1.82, 2.24) is 0 Å². The number of allylic oxidation sites excluding steroid dienone is 1. The van der Waals surface area contributed by atoms with Crippen molar-refractivity contribution >= 4 is 34.1 Å². The lowest BCUT2D eigenvalue weighted by Gasteiger charge is -2.34. The number of benzene rings is 2. The maximum Gasteiger partial charge on any atom is 0.316 e. The molecule has 7 heteroatoms. The van der Waals surface area contributed by atoms with E-state index in [1.807, 2.05) is 50.3 Å². The van der Waals surface area contributed by atoms with Gasteiger partial charge in [0.15, 0.2) is 11.2 Å². The van der Waals surface area contributed by atoms with Gasteiger partial charge in [-0.2, -0.15) is 0 Å². The molecule has 4 atom stereocenters. The van der Waals surface area contributed by atoms with Crippen LogP contribution in [0.1, 0.15) is 24.1 Å². The summed E-state index contributed by atoms with van der Waals surface area (Å²) in [5, 5.41) is 7.19. The average molecular weight is 444 g/mol. The number of fused-ring (bicyclic) bond motifs is 3. The number of hydrogen-bond donors (Lipinski definition) is 2. The highest BCUT2D eigenvalue weighted by molar-refractivity contribution is 6.04. The molecule has 0 amide bonds. The highest BCUT2D eigenvalue weighted by atomic mass is 16.5. The molecule has 2 N–H and O–H groups in total. The van der Waals surface area contributed by atoms with Crippen LogP contribution in [0.3, 0.4) is 0 Å². The molecule has 1 aliphatic heterocycles. The average Bonchev–Trinajstić information content (AvgIpc) is 2.96. The summed E-state index contributed by atoms with van der Waals surface area (Å²) in [6, 6.07) is 12.2. The molecule has 1 aromatic heterocycles. The van der Waals surface area contributed by atoms with Crippen molar-refractivity contribution < 1.29 is 18.7 Å². The van der Waals surface area contributed by atoms with E-state index in [0.29, 0.717) is 22.2 Å². The minimum absolute atomic E-state index is 0.211. The largest absolute Gasteiger partial charge is 0.468 e. The lowest BCUT2D eigenvalue weighted by molar-refractivity contribution is -0.152. The lowest BCUT2D eigenvalue weighted by atomic mass is 9.73. The van der Waals surface area contributed by atoms with Crippen molar-refractivity contribution in [3.63, 3.8) is 0 Å². The van der Waals surface area contributed by atoms with E-state index in [0.717, 1.165) is 16.9 Å². The zero-order valence-electron chi connectivity index (χ0n) is 18.5. The van der Waals surface area contributed by atoms with E-state index in [4.69, 9.17) is 9.15 Å². The Bertz CT molecular complexity index is 1370. The van der Waals surface area contributed by atoms with Crippen LogP contribution in [0, 0.1) is 24.7 Å². The molecule has 0 fully saturated rings. The van der Waals surface area contributed by atoms with Gasteiger partial charge in [0.05, 0.1) is 41.4 Å². The van der Waals surface area contributed by atoms with Gasteiger partial charge in [0.25, 0.3) is 0 Å². The molecule has 33 heavy (non-hydrogen) atoms.